The lowest BCUT2D eigenvalue weighted by atomic mass is 10.0. The van der Waals surface area contributed by atoms with Gasteiger partial charge in [0.15, 0.2) is 6.29 Å². The molecule has 2 rings (SSSR count). The Kier molecular flexibility index (Phi) is 4.60. The Hall–Kier alpha value is -0.500. The van der Waals surface area contributed by atoms with E-state index in [1.54, 1.807) is 19.9 Å². The topological polar surface area (TPSA) is 66.4 Å². The van der Waals surface area contributed by atoms with Gasteiger partial charge >= 0.3 is 0 Å². The molecule has 0 saturated carbocycles. The van der Waals surface area contributed by atoms with Crippen molar-refractivity contribution >= 4 is 0 Å². The summed E-state index contributed by atoms with van der Waals surface area (Å²) in [5.41, 5.74) is 0. The maximum absolute atomic E-state index is 10.1. The SMILES string of the molecule is C=CCO[C@@H]1O[C@@H](C)[C@H](O)[C@H]2OC(C)(OCC)O[C@@H]12. The second-order valence-electron chi connectivity index (χ2n) is 4.78. The summed E-state index contributed by atoms with van der Waals surface area (Å²) in [5.74, 6) is -1.17. The Morgan fingerprint density at radius 1 is 1.37 bits per heavy atom. The van der Waals surface area contributed by atoms with Crippen molar-refractivity contribution in [1.82, 2.24) is 0 Å². The van der Waals surface area contributed by atoms with Crippen LogP contribution in [0.3, 0.4) is 0 Å². The van der Waals surface area contributed by atoms with E-state index >= 15 is 0 Å². The monoisotopic (exact) mass is 274 g/mol. The number of ether oxygens (including phenoxy) is 5. The molecule has 6 nitrogen and oxygen atoms in total. The van der Waals surface area contributed by atoms with Crippen LogP contribution in [-0.2, 0) is 23.7 Å². The molecular formula is C13H22O6. The second-order valence-corrected chi connectivity index (χ2v) is 4.78. The van der Waals surface area contributed by atoms with E-state index in [1.165, 1.54) is 0 Å². The van der Waals surface area contributed by atoms with E-state index in [0.717, 1.165) is 0 Å². The summed E-state index contributed by atoms with van der Waals surface area (Å²) in [6.07, 6.45) is -1.22. The summed E-state index contributed by atoms with van der Waals surface area (Å²) >= 11 is 0. The van der Waals surface area contributed by atoms with Crippen LogP contribution in [0.2, 0.25) is 0 Å². The third-order valence-corrected chi connectivity index (χ3v) is 3.24. The second kappa shape index (κ2) is 5.87. The Labute approximate surface area is 113 Å². The predicted octanol–water partition coefficient (Wildman–Crippen LogP) is 0.789. The van der Waals surface area contributed by atoms with Gasteiger partial charge in [0.2, 0.25) is 0 Å². The maximum Gasteiger partial charge on any atom is 0.280 e. The highest BCUT2D eigenvalue weighted by molar-refractivity contribution is 4.94. The van der Waals surface area contributed by atoms with Crippen molar-refractivity contribution in [2.45, 2.75) is 57.5 Å². The highest BCUT2D eigenvalue weighted by Gasteiger charge is 2.56. The number of hydrogen-bond acceptors (Lipinski definition) is 6. The van der Waals surface area contributed by atoms with E-state index in [2.05, 4.69) is 6.58 Å². The van der Waals surface area contributed by atoms with E-state index in [4.69, 9.17) is 23.7 Å². The number of fused-ring (bicyclic) bond motifs is 1. The molecule has 2 aliphatic heterocycles. The number of aliphatic hydroxyl groups excluding tert-OH is 1. The van der Waals surface area contributed by atoms with E-state index in [0.29, 0.717) is 13.2 Å². The Bertz CT molecular complexity index is 322. The highest BCUT2D eigenvalue weighted by Crippen LogP contribution is 2.38. The lowest BCUT2D eigenvalue weighted by molar-refractivity contribution is -0.335. The first-order valence-electron chi connectivity index (χ1n) is 6.56. The number of hydrogen-bond donors (Lipinski definition) is 1. The molecule has 6 atom stereocenters. The van der Waals surface area contributed by atoms with Crippen molar-refractivity contribution < 1.29 is 28.8 Å². The largest absolute Gasteiger partial charge is 0.388 e. The molecule has 0 aromatic heterocycles. The summed E-state index contributed by atoms with van der Waals surface area (Å²) in [6, 6.07) is 0. The molecule has 0 amide bonds. The van der Waals surface area contributed by atoms with Crippen molar-refractivity contribution in [1.29, 1.82) is 0 Å². The van der Waals surface area contributed by atoms with E-state index in [-0.39, 0.29) is 0 Å². The summed E-state index contributed by atoms with van der Waals surface area (Å²) in [5, 5.41) is 10.1. The fourth-order valence-corrected chi connectivity index (χ4v) is 2.39. The lowest BCUT2D eigenvalue weighted by Crippen LogP contribution is -2.55. The molecule has 0 spiro atoms. The Balaban J connectivity index is 2.11. The summed E-state index contributed by atoms with van der Waals surface area (Å²) in [7, 11) is 0. The van der Waals surface area contributed by atoms with Crippen molar-refractivity contribution in [3.63, 3.8) is 0 Å². The minimum atomic E-state index is -1.17. The van der Waals surface area contributed by atoms with Crippen LogP contribution in [0.1, 0.15) is 20.8 Å². The van der Waals surface area contributed by atoms with E-state index in [9.17, 15) is 5.11 Å². The van der Waals surface area contributed by atoms with E-state index < -0.39 is 36.7 Å². The number of aliphatic hydroxyl groups is 1. The van der Waals surface area contributed by atoms with Crippen molar-refractivity contribution in [2.75, 3.05) is 13.2 Å². The van der Waals surface area contributed by atoms with Crippen LogP contribution in [-0.4, -0.2) is 55.0 Å². The highest BCUT2D eigenvalue weighted by atomic mass is 16.9. The predicted molar refractivity (Wildman–Crippen MR) is 66.3 cm³/mol. The molecule has 0 aromatic carbocycles. The van der Waals surface area contributed by atoms with Gasteiger partial charge < -0.3 is 28.8 Å². The smallest absolute Gasteiger partial charge is 0.280 e. The molecule has 2 fully saturated rings. The molecule has 0 aromatic rings. The maximum atomic E-state index is 10.1. The molecular weight excluding hydrogens is 252 g/mol. The van der Waals surface area contributed by atoms with Gasteiger partial charge in [-0.2, -0.15) is 0 Å². The molecule has 110 valence electrons. The molecule has 0 bridgehead atoms. The molecule has 0 aliphatic carbocycles. The number of rotatable bonds is 5. The first kappa shape index (κ1) is 14.9. The van der Waals surface area contributed by atoms with Gasteiger partial charge in [-0.25, -0.2) is 0 Å². The lowest BCUT2D eigenvalue weighted by Gasteiger charge is -2.38. The van der Waals surface area contributed by atoms with Crippen LogP contribution in [0, 0.1) is 0 Å². The zero-order valence-corrected chi connectivity index (χ0v) is 11.6. The molecule has 0 radical (unpaired) electrons. The molecule has 2 aliphatic rings. The summed E-state index contributed by atoms with van der Waals surface area (Å²) in [6.45, 7) is 9.67. The summed E-state index contributed by atoms with van der Waals surface area (Å²) < 4.78 is 28.0. The van der Waals surface area contributed by atoms with Crippen LogP contribution in [0.15, 0.2) is 12.7 Å². The van der Waals surface area contributed by atoms with Crippen LogP contribution >= 0.6 is 0 Å². The van der Waals surface area contributed by atoms with Crippen LogP contribution in [0.25, 0.3) is 0 Å². The van der Waals surface area contributed by atoms with Crippen molar-refractivity contribution in [2.24, 2.45) is 0 Å². The van der Waals surface area contributed by atoms with Crippen LogP contribution in [0.4, 0.5) is 0 Å². The zero-order chi connectivity index (χ0) is 14.0. The molecule has 6 heteroatoms. The average molecular weight is 274 g/mol. The van der Waals surface area contributed by atoms with Gasteiger partial charge in [-0.15, -0.1) is 6.58 Å². The van der Waals surface area contributed by atoms with Crippen LogP contribution < -0.4 is 0 Å². The molecule has 1 N–H and O–H groups in total. The Morgan fingerprint density at radius 3 is 2.68 bits per heavy atom. The van der Waals surface area contributed by atoms with Crippen molar-refractivity contribution in [3.05, 3.63) is 12.7 Å². The third-order valence-electron chi connectivity index (χ3n) is 3.24. The van der Waals surface area contributed by atoms with Gasteiger partial charge in [-0.3, -0.25) is 0 Å². The van der Waals surface area contributed by atoms with Gasteiger partial charge in [0.05, 0.1) is 12.7 Å². The molecule has 2 heterocycles. The first-order chi connectivity index (χ1) is 9.00. The van der Waals surface area contributed by atoms with Gasteiger partial charge in [0.25, 0.3) is 5.97 Å². The van der Waals surface area contributed by atoms with Crippen LogP contribution in [0.5, 0.6) is 0 Å². The van der Waals surface area contributed by atoms with Gasteiger partial charge in [-0.1, -0.05) is 6.08 Å². The summed E-state index contributed by atoms with van der Waals surface area (Å²) in [4.78, 5) is 0. The quantitative estimate of drug-likeness (QED) is 0.748. The minimum absolute atomic E-state index is 0.339. The van der Waals surface area contributed by atoms with E-state index in [1.807, 2.05) is 6.92 Å². The zero-order valence-electron chi connectivity index (χ0n) is 11.6. The van der Waals surface area contributed by atoms with Gasteiger partial charge in [0, 0.05) is 13.5 Å². The van der Waals surface area contributed by atoms with Crippen molar-refractivity contribution in [3.8, 4) is 0 Å². The van der Waals surface area contributed by atoms with Gasteiger partial charge in [-0.05, 0) is 13.8 Å². The standard InChI is InChI=1S/C13H22O6/c1-5-7-15-12-11-10(9(14)8(3)17-12)18-13(4,19-11)16-6-2/h5,8-12,14H,1,6-7H2,2-4H3/t8-,9-,10+,11+,12+,13?/m0/s1. The third kappa shape index (κ3) is 2.99. The Morgan fingerprint density at radius 2 is 2.05 bits per heavy atom. The average Bonchev–Trinajstić information content (AvgIpc) is 2.71. The molecule has 19 heavy (non-hydrogen) atoms. The molecule has 1 unspecified atom stereocenters. The minimum Gasteiger partial charge on any atom is -0.388 e. The normalized spacial score (nSPS) is 46.0. The fourth-order valence-electron chi connectivity index (χ4n) is 2.39. The molecule has 2 saturated heterocycles. The fraction of sp³-hybridized carbons (Fsp3) is 0.846. The first-order valence-corrected chi connectivity index (χ1v) is 6.56. The van der Waals surface area contributed by atoms with Gasteiger partial charge in [0.1, 0.15) is 18.3 Å².